The van der Waals surface area contributed by atoms with Crippen molar-refractivity contribution in [3.63, 3.8) is 0 Å². The molecule has 0 heterocycles. The maximum Gasteiger partial charge on any atom is 0.238 e. The molecular weight excluding hydrogens is 281 g/mol. The molecule has 20 heavy (non-hydrogen) atoms. The van der Waals surface area contributed by atoms with E-state index in [-0.39, 0.29) is 22.0 Å². The molecule has 0 amide bonds. The SMILES string of the molecule is CC(C)(C)CC(N)CNc1ccc(S(N)(=O)=O)cc1F. The summed E-state index contributed by atoms with van der Waals surface area (Å²) in [5.41, 5.74) is 6.26. The smallest absolute Gasteiger partial charge is 0.238 e. The van der Waals surface area contributed by atoms with Crippen LogP contribution in [0.15, 0.2) is 23.1 Å². The zero-order valence-corrected chi connectivity index (χ0v) is 12.8. The summed E-state index contributed by atoms with van der Waals surface area (Å²) in [4.78, 5) is -0.250. The quantitative estimate of drug-likeness (QED) is 0.770. The fraction of sp³-hybridized carbons (Fsp3) is 0.538. The molecule has 0 aliphatic carbocycles. The Kier molecular flexibility index (Phi) is 5.12. The number of halogens is 1. The normalized spacial score (nSPS) is 14.1. The summed E-state index contributed by atoms with van der Waals surface area (Å²) < 4.78 is 35.9. The minimum Gasteiger partial charge on any atom is -0.381 e. The van der Waals surface area contributed by atoms with Crippen LogP contribution in [0.25, 0.3) is 0 Å². The Balaban J connectivity index is 2.71. The van der Waals surface area contributed by atoms with Gasteiger partial charge >= 0.3 is 0 Å². The molecule has 0 aliphatic heterocycles. The van der Waals surface area contributed by atoms with Gasteiger partial charge in [-0.3, -0.25) is 0 Å². The van der Waals surface area contributed by atoms with Gasteiger partial charge in [0, 0.05) is 12.6 Å². The summed E-state index contributed by atoms with van der Waals surface area (Å²) in [7, 11) is -3.89. The molecule has 0 fully saturated rings. The highest BCUT2D eigenvalue weighted by atomic mass is 32.2. The van der Waals surface area contributed by atoms with E-state index in [2.05, 4.69) is 26.1 Å². The number of sulfonamides is 1. The average Bonchev–Trinajstić information content (AvgIpc) is 2.23. The third-order valence-corrected chi connectivity index (χ3v) is 3.61. The van der Waals surface area contributed by atoms with Crippen molar-refractivity contribution in [2.45, 2.75) is 38.1 Å². The summed E-state index contributed by atoms with van der Waals surface area (Å²) in [6.07, 6.45) is 0.789. The van der Waals surface area contributed by atoms with Crippen LogP contribution in [-0.2, 0) is 10.0 Å². The number of anilines is 1. The van der Waals surface area contributed by atoms with E-state index in [0.29, 0.717) is 6.54 Å². The van der Waals surface area contributed by atoms with Gasteiger partial charge in [0.15, 0.2) is 0 Å². The van der Waals surface area contributed by atoms with Crippen molar-refractivity contribution in [1.82, 2.24) is 0 Å². The summed E-state index contributed by atoms with van der Waals surface area (Å²) >= 11 is 0. The topological polar surface area (TPSA) is 98.2 Å². The van der Waals surface area contributed by atoms with Gasteiger partial charge in [0.2, 0.25) is 10.0 Å². The number of hydrogen-bond donors (Lipinski definition) is 3. The minimum absolute atomic E-state index is 0.0944. The molecular formula is C13H22FN3O2S. The van der Waals surface area contributed by atoms with E-state index < -0.39 is 15.8 Å². The van der Waals surface area contributed by atoms with Gasteiger partial charge < -0.3 is 11.1 Å². The van der Waals surface area contributed by atoms with E-state index in [9.17, 15) is 12.8 Å². The number of hydrogen-bond acceptors (Lipinski definition) is 4. The van der Waals surface area contributed by atoms with Crippen LogP contribution in [0.2, 0.25) is 0 Å². The first-order valence-corrected chi connectivity index (χ1v) is 7.85. The fourth-order valence-electron chi connectivity index (χ4n) is 1.92. The Morgan fingerprint density at radius 2 is 1.95 bits per heavy atom. The number of nitrogens with two attached hydrogens (primary N) is 2. The third-order valence-electron chi connectivity index (χ3n) is 2.70. The average molecular weight is 303 g/mol. The number of nitrogens with one attached hydrogen (secondary N) is 1. The molecule has 0 spiro atoms. The van der Waals surface area contributed by atoms with Crippen molar-refractivity contribution in [3.8, 4) is 0 Å². The predicted octanol–water partition coefficient (Wildman–Crippen LogP) is 1.65. The Morgan fingerprint density at radius 3 is 2.40 bits per heavy atom. The van der Waals surface area contributed by atoms with E-state index in [1.54, 1.807) is 0 Å². The first-order chi connectivity index (χ1) is 8.99. The first-order valence-electron chi connectivity index (χ1n) is 6.31. The third kappa shape index (κ3) is 5.44. The largest absolute Gasteiger partial charge is 0.381 e. The summed E-state index contributed by atoms with van der Waals surface area (Å²) in [5.74, 6) is -0.667. The van der Waals surface area contributed by atoms with Crippen molar-refractivity contribution in [2.24, 2.45) is 16.3 Å². The molecule has 5 nitrogen and oxygen atoms in total. The second-order valence-corrected chi connectivity index (χ2v) is 7.65. The van der Waals surface area contributed by atoms with Crippen LogP contribution in [-0.4, -0.2) is 21.0 Å². The van der Waals surface area contributed by atoms with Gasteiger partial charge in [-0.2, -0.15) is 0 Å². The lowest BCUT2D eigenvalue weighted by Crippen LogP contribution is -2.33. The first kappa shape index (κ1) is 16.9. The highest BCUT2D eigenvalue weighted by Gasteiger charge is 2.16. The molecule has 114 valence electrons. The summed E-state index contributed by atoms with van der Waals surface area (Å²) in [5, 5.41) is 7.81. The lowest BCUT2D eigenvalue weighted by atomic mass is 9.88. The summed E-state index contributed by atoms with van der Waals surface area (Å²) in [6.45, 7) is 6.64. The Labute approximate surface area is 119 Å². The Bertz CT molecular complexity index is 567. The second-order valence-electron chi connectivity index (χ2n) is 6.09. The molecule has 0 aromatic heterocycles. The van der Waals surface area contributed by atoms with E-state index in [0.717, 1.165) is 12.5 Å². The highest BCUT2D eigenvalue weighted by molar-refractivity contribution is 7.89. The van der Waals surface area contributed by atoms with Crippen molar-refractivity contribution in [3.05, 3.63) is 24.0 Å². The molecule has 0 radical (unpaired) electrons. The lowest BCUT2D eigenvalue weighted by Gasteiger charge is -2.23. The molecule has 0 aliphatic rings. The zero-order chi connectivity index (χ0) is 15.6. The monoisotopic (exact) mass is 303 g/mol. The van der Waals surface area contributed by atoms with Gasteiger partial charge in [-0.15, -0.1) is 0 Å². The van der Waals surface area contributed by atoms with Gasteiger partial charge in [-0.1, -0.05) is 20.8 Å². The molecule has 1 aromatic rings. The van der Waals surface area contributed by atoms with E-state index in [1.807, 2.05) is 0 Å². The Morgan fingerprint density at radius 1 is 1.35 bits per heavy atom. The molecule has 1 atom stereocenters. The number of rotatable bonds is 5. The van der Waals surface area contributed by atoms with Crippen LogP contribution in [0.5, 0.6) is 0 Å². The number of benzene rings is 1. The van der Waals surface area contributed by atoms with Crippen molar-refractivity contribution < 1.29 is 12.8 Å². The van der Waals surface area contributed by atoms with Crippen LogP contribution >= 0.6 is 0 Å². The molecule has 0 saturated heterocycles. The maximum atomic E-state index is 13.7. The lowest BCUT2D eigenvalue weighted by molar-refractivity contribution is 0.344. The van der Waals surface area contributed by atoms with Gasteiger partial charge in [0.25, 0.3) is 0 Å². The molecule has 7 heteroatoms. The van der Waals surface area contributed by atoms with Crippen molar-refractivity contribution in [2.75, 3.05) is 11.9 Å². The summed E-state index contributed by atoms with van der Waals surface area (Å²) in [6, 6.07) is 3.38. The van der Waals surface area contributed by atoms with Crippen molar-refractivity contribution in [1.29, 1.82) is 0 Å². The molecule has 1 rings (SSSR count). The van der Waals surface area contributed by atoms with Gasteiger partial charge in [-0.05, 0) is 30.0 Å². The van der Waals surface area contributed by atoms with Crippen LogP contribution in [0.3, 0.4) is 0 Å². The predicted molar refractivity (Wildman–Crippen MR) is 78.3 cm³/mol. The van der Waals surface area contributed by atoms with Crippen LogP contribution < -0.4 is 16.2 Å². The molecule has 0 bridgehead atoms. The van der Waals surface area contributed by atoms with E-state index in [1.165, 1.54) is 12.1 Å². The second kappa shape index (κ2) is 6.07. The highest BCUT2D eigenvalue weighted by Crippen LogP contribution is 2.21. The maximum absolute atomic E-state index is 13.7. The van der Waals surface area contributed by atoms with Crippen LogP contribution in [0.4, 0.5) is 10.1 Å². The minimum atomic E-state index is -3.89. The molecule has 1 unspecified atom stereocenters. The standard InChI is InChI=1S/C13H22FN3O2S/c1-13(2,3)7-9(15)8-17-12-5-4-10(6-11(12)14)20(16,18)19/h4-6,9,17H,7-8,15H2,1-3H3,(H2,16,18,19). The van der Waals surface area contributed by atoms with Crippen LogP contribution in [0, 0.1) is 11.2 Å². The Hall–Kier alpha value is -1.18. The van der Waals surface area contributed by atoms with Crippen molar-refractivity contribution >= 4 is 15.7 Å². The van der Waals surface area contributed by atoms with Crippen LogP contribution in [0.1, 0.15) is 27.2 Å². The number of primary sulfonamides is 1. The molecule has 0 saturated carbocycles. The molecule has 5 N–H and O–H groups in total. The van der Waals surface area contributed by atoms with Gasteiger partial charge in [0.1, 0.15) is 5.82 Å². The molecule has 1 aromatic carbocycles. The van der Waals surface area contributed by atoms with Gasteiger partial charge in [-0.25, -0.2) is 17.9 Å². The van der Waals surface area contributed by atoms with E-state index in [4.69, 9.17) is 10.9 Å². The van der Waals surface area contributed by atoms with Gasteiger partial charge in [0.05, 0.1) is 10.6 Å². The van der Waals surface area contributed by atoms with E-state index >= 15 is 0 Å². The zero-order valence-electron chi connectivity index (χ0n) is 12.0. The fourth-order valence-corrected chi connectivity index (χ4v) is 2.44.